The number of benzene rings is 2. The third-order valence-electron chi connectivity index (χ3n) is 8.52. The first-order valence-corrected chi connectivity index (χ1v) is 16.6. The van der Waals surface area contributed by atoms with Crippen LogP contribution in [0.25, 0.3) is 10.8 Å². The number of piperidine rings is 1. The van der Waals surface area contributed by atoms with Gasteiger partial charge in [-0.05, 0) is 60.0 Å². The Labute approximate surface area is 254 Å². The monoisotopic (exact) mass is 655 g/mol. The van der Waals surface area contributed by atoms with Crippen molar-refractivity contribution in [3.05, 3.63) is 65.4 Å². The summed E-state index contributed by atoms with van der Waals surface area (Å²) in [4.78, 5) is 37.6. The van der Waals surface area contributed by atoms with Crippen LogP contribution < -0.4 is 4.90 Å². The Balaban J connectivity index is 1.22. The molecule has 3 aromatic rings. The first-order valence-electron chi connectivity index (χ1n) is 14.3. The number of piperazine rings is 1. The van der Waals surface area contributed by atoms with E-state index >= 15 is 0 Å². The number of carbonyl (C=O) groups excluding carboxylic acids is 2. The lowest BCUT2D eigenvalue weighted by Crippen LogP contribution is -2.63. The molecular formula is C30H34BrN5O5S. The zero-order chi connectivity index (χ0) is 29.3. The number of ether oxygens (including phenoxy) is 1. The quantitative estimate of drug-likeness (QED) is 0.416. The van der Waals surface area contributed by atoms with Gasteiger partial charge in [0.25, 0.3) is 0 Å². The lowest BCUT2D eigenvalue weighted by atomic mass is 9.93. The minimum atomic E-state index is -3.90. The third-order valence-corrected chi connectivity index (χ3v) is 10.9. The molecule has 2 aromatic carbocycles. The first-order chi connectivity index (χ1) is 20.3. The molecule has 3 aliphatic rings. The van der Waals surface area contributed by atoms with Crippen molar-refractivity contribution < 1.29 is 22.7 Å². The highest BCUT2D eigenvalue weighted by molar-refractivity contribution is 9.10. The lowest BCUT2D eigenvalue weighted by molar-refractivity contribution is -0.153. The van der Waals surface area contributed by atoms with E-state index in [1.54, 1.807) is 40.4 Å². The summed E-state index contributed by atoms with van der Waals surface area (Å²) in [5.74, 6) is -0.500. The zero-order valence-corrected chi connectivity index (χ0v) is 25.7. The van der Waals surface area contributed by atoms with Crippen LogP contribution in [-0.2, 0) is 24.3 Å². The van der Waals surface area contributed by atoms with Crippen LogP contribution in [0.3, 0.4) is 0 Å². The second kappa shape index (κ2) is 12.3. The van der Waals surface area contributed by atoms with Crippen LogP contribution in [0.1, 0.15) is 12.8 Å². The highest BCUT2D eigenvalue weighted by Gasteiger charge is 2.43. The molecule has 4 heterocycles. The average molecular weight is 657 g/mol. The van der Waals surface area contributed by atoms with Crippen molar-refractivity contribution in [1.82, 2.24) is 19.1 Å². The van der Waals surface area contributed by atoms with Crippen molar-refractivity contribution >= 4 is 54.2 Å². The Bertz CT molecular complexity index is 1560. The number of hydrogen-bond acceptors (Lipinski definition) is 7. The molecule has 0 N–H and O–H groups in total. The maximum Gasteiger partial charge on any atom is 0.246 e. The van der Waals surface area contributed by atoms with Gasteiger partial charge in [-0.2, -0.15) is 4.31 Å². The Morgan fingerprint density at radius 1 is 0.833 bits per heavy atom. The fourth-order valence-corrected chi connectivity index (χ4v) is 7.98. The van der Waals surface area contributed by atoms with Gasteiger partial charge in [-0.1, -0.05) is 28.1 Å². The van der Waals surface area contributed by atoms with Crippen LogP contribution in [0.4, 0.5) is 5.69 Å². The first kappa shape index (κ1) is 29.0. The van der Waals surface area contributed by atoms with E-state index in [2.05, 4.69) is 25.8 Å². The van der Waals surface area contributed by atoms with Crippen molar-refractivity contribution in [2.45, 2.75) is 23.8 Å². The molecule has 3 saturated heterocycles. The molecule has 1 aromatic heterocycles. The summed E-state index contributed by atoms with van der Waals surface area (Å²) >= 11 is 3.46. The van der Waals surface area contributed by atoms with E-state index in [-0.39, 0.29) is 42.3 Å². The van der Waals surface area contributed by atoms with Crippen LogP contribution in [-0.4, -0.2) is 104 Å². The van der Waals surface area contributed by atoms with Gasteiger partial charge >= 0.3 is 0 Å². The van der Waals surface area contributed by atoms with Crippen LogP contribution in [0, 0.1) is 5.92 Å². The Morgan fingerprint density at radius 3 is 2.26 bits per heavy atom. The summed E-state index contributed by atoms with van der Waals surface area (Å²) < 4.78 is 35.4. The minimum absolute atomic E-state index is 0.0654. The highest BCUT2D eigenvalue weighted by atomic mass is 79.9. The van der Waals surface area contributed by atoms with E-state index in [0.717, 1.165) is 34.0 Å². The van der Waals surface area contributed by atoms with E-state index in [0.29, 0.717) is 39.1 Å². The number of morpholine rings is 1. The predicted octanol–water partition coefficient (Wildman–Crippen LogP) is 2.97. The van der Waals surface area contributed by atoms with E-state index in [9.17, 15) is 18.0 Å². The van der Waals surface area contributed by atoms with E-state index in [1.807, 2.05) is 30.3 Å². The number of rotatable bonds is 5. The topological polar surface area (TPSA) is 103 Å². The number of sulfonamides is 1. The number of carbonyl (C=O) groups is 2. The van der Waals surface area contributed by atoms with Crippen LogP contribution >= 0.6 is 15.9 Å². The van der Waals surface area contributed by atoms with Gasteiger partial charge < -0.3 is 19.4 Å². The summed E-state index contributed by atoms with van der Waals surface area (Å²) in [6, 6.07) is 13.8. The van der Waals surface area contributed by atoms with Gasteiger partial charge in [-0.15, -0.1) is 0 Å². The van der Waals surface area contributed by atoms with Gasteiger partial charge in [0.1, 0.15) is 6.04 Å². The molecule has 0 bridgehead atoms. The predicted molar refractivity (Wildman–Crippen MR) is 162 cm³/mol. The minimum Gasteiger partial charge on any atom is -0.378 e. The molecule has 42 heavy (non-hydrogen) atoms. The molecule has 1 unspecified atom stereocenters. The van der Waals surface area contributed by atoms with Crippen molar-refractivity contribution in [2.24, 2.45) is 5.92 Å². The maximum atomic E-state index is 13.9. The number of fused-ring (bicyclic) bond motifs is 1. The second-order valence-electron chi connectivity index (χ2n) is 11.0. The molecule has 12 heteroatoms. The third kappa shape index (κ3) is 5.90. The normalized spacial score (nSPS) is 21.1. The summed E-state index contributed by atoms with van der Waals surface area (Å²) in [7, 11) is -3.90. The van der Waals surface area contributed by atoms with Crippen molar-refractivity contribution in [1.29, 1.82) is 0 Å². The highest BCUT2D eigenvalue weighted by Crippen LogP contribution is 2.29. The number of pyridine rings is 1. The largest absolute Gasteiger partial charge is 0.378 e. The standard InChI is InChI=1S/C30H34BrN5O5S/c31-25-3-1-24-20-27(4-2-23(24)19-25)42(39,40)35-13-14-36(28(21-35)30(38)34-15-17-41-18-16-34)29(37)22-7-11-33(12-8-22)26-5-9-32-10-6-26/h1-6,9-10,19-20,22,28H,7-8,11-18,21H2. The molecule has 3 aliphatic heterocycles. The molecule has 0 radical (unpaired) electrons. The Kier molecular flexibility index (Phi) is 8.49. The van der Waals surface area contributed by atoms with Gasteiger partial charge in [-0.25, -0.2) is 8.42 Å². The van der Waals surface area contributed by atoms with Crippen molar-refractivity contribution in [3.8, 4) is 0 Å². The maximum absolute atomic E-state index is 13.9. The van der Waals surface area contributed by atoms with Gasteiger partial charge in [0.2, 0.25) is 21.8 Å². The molecule has 0 saturated carbocycles. The van der Waals surface area contributed by atoms with Gasteiger partial charge in [-0.3, -0.25) is 14.6 Å². The molecule has 2 amide bonds. The lowest BCUT2D eigenvalue weighted by Gasteiger charge is -2.44. The molecule has 222 valence electrons. The number of anilines is 1. The van der Waals surface area contributed by atoms with Crippen molar-refractivity contribution in [3.63, 3.8) is 0 Å². The summed E-state index contributed by atoms with van der Waals surface area (Å²) in [5, 5.41) is 1.74. The van der Waals surface area contributed by atoms with Crippen LogP contribution in [0.15, 0.2) is 70.3 Å². The smallest absolute Gasteiger partial charge is 0.246 e. The number of hydrogen-bond donors (Lipinski definition) is 0. The number of amides is 2. The molecule has 6 rings (SSSR count). The van der Waals surface area contributed by atoms with Crippen LogP contribution in [0.5, 0.6) is 0 Å². The molecular weight excluding hydrogens is 622 g/mol. The van der Waals surface area contributed by atoms with E-state index in [1.165, 1.54) is 4.31 Å². The molecule has 10 nitrogen and oxygen atoms in total. The fraction of sp³-hybridized carbons (Fsp3) is 0.433. The number of nitrogens with zero attached hydrogens (tertiary/aromatic N) is 5. The fourth-order valence-electron chi connectivity index (χ4n) is 6.12. The molecule has 3 fully saturated rings. The average Bonchev–Trinajstić information content (AvgIpc) is 3.04. The van der Waals surface area contributed by atoms with Gasteiger partial charge in [0.15, 0.2) is 0 Å². The van der Waals surface area contributed by atoms with Gasteiger partial charge in [0, 0.05) is 74.3 Å². The summed E-state index contributed by atoms with van der Waals surface area (Å²) in [6.45, 7) is 3.40. The zero-order valence-electron chi connectivity index (χ0n) is 23.3. The van der Waals surface area contributed by atoms with Crippen molar-refractivity contribution in [2.75, 3.05) is 63.9 Å². The summed E-state index contributed by atoms with van der Waals surface area (Å²) in [5.41, 5.74) is 1.08. The second-order valence-corrected chi connectivity index (χ2v) is 13.8. The van der Waals surface area contributed by atoms with Crippen LogP contribution in [0.2, 0.25) is 0 Å². The Hall–Kier alpha value is -3.06. The number of aromatic nitrogens is 1. The van der Waals surface area contributed by atoms with E-state index in [4.69, 9.17) is 4.74 Å². The van der Waals surface area contributed by atoms with Gasteiger partial charge in [0.05, 0.1) is 18.1 Å². The number of halogens is 1. The van der Waals surface area contributed by atoms with E-state index < -0.39 is 16.1 Å². The molecule has 0 spiro atoms. The molecule has 0 aliphatic carbocycles. The molecule has 1 atom stereocenters. The Morgan fingerprint density at radius 2 is 1.52 bits per heavy atom. The summed E-state index contributed by atoms with van der Waals surface area (Å²) in [6.07, 6.45) is 4.87. The SMILES string of the molecule is O=C(C1CN(S(=O)(=O)c2ccc3cc(Br)ccc3c2)CCN1C(=O)C1CCN(c2ccncc2)CC1)N1CCOCC1.